The van der Waals surface area contributed by atoms with Gasteiger partial charge in [0.15, 0.2) is 24.6 Å². The van der Waals surface area contributed by atoms with E-state index < -0.39 is 62.0 Å². The molecule has 0 unspecified atom stereocenters. The van der Waals surface area contributed by atoms with Crippen molar-refractivity contribution in [2.24, 2.45) is 0 Å². The molecule has 0 radical (unpaired) electrons. The van der Waals surface area contributed by atoms with Crippen LogP contribution in [0.4, 0.5) is 0 Å². The molecule has 0 bridgehead atoms. The van der Waals surface area contributed by atoms with Crippen molar-refractivity contribution in [3.8, 4) is 33.4 Å². The summed E-state index contributed by atoms with van der Waals surface area (Å²) in [5, 5.41) is 1.56. The fraction of sp³-hybridized carbons (Fsp3) is 0.172. The average molecular weight is 999 g/mol. The van der Waals surface area contributed by atoms with Crippen molar-refractivity contribution in [2.75, 3.05) is 13.2 Å². The number of hydrogen-bond donors (Lipinski definition) is 0. The van der Waals surface area contributed by atoms with E-state index in [1.165, 1.54) is 0 Å². The summed E-state index contributed by atoms with van der Waals surface area (Å²) in [4.78, 5) is 44.0. The third kappa shape index (κ3) is 11.4. The van der Waals surface area contributed by atoms with E-state index in [2.05, 4.69) is 51.6 Å². The lowest BCUT2D eigenvalue weighted by molar-refractivity contribution is -0.295. The second kappa shape index (κ2) is 23.3. The third-order valence-electron chi connectivity index (χ3n) is 13.3. The monoisotopic (exact) mass is 998 g/mol. The van der Waals surface area contributed by atoms with Gasteiger partial charge in [-0.25, -0.2) is 14.4 Å². The number of esters is 3. The summed E-state index contributed by atoms with van der Waals surface area (Å²) in [6, 6.07) is 70.7. The minimum absolute atomic E-state index is 0.0351. The molecule has 10 heteroatoms. The van der Waals surface area contributed by atoms with Gasteiger partial charge in [0, 0.05) is 0 Å². The van der Waals surface area contributed by atoms with E-state index in [4.69, 9.17) is 28.1 Å². The minimum atomic E-state index is -3.28. The van der Waals surface area contributed by atoms with Crippen molar-refractivity contribution in [2.45, 2.75) is 56.5 Å². The second-order valence-corrected chi connectivity index (χ2v) is 23.4. The molecule has 1 aliphatic heterocycles. The van der Waals surface area contributed by atoms with Crippen molar-refractivity contribution in [1.29, 1.82) is 0 Å². The number of benzene rings is 8. The van der Waals surface area contributed by atoms with Crippen LogP contribution in [-0.2, 0) is 28.1 Å². The van der Waals surface area contributed by atoms with Crippen molar-refractivity contribution in [3.05, 3.63) is 254 Å². The molecule has 0 spiro atoms. The van der Waals surface area contributed by atoms with E-state index in [0.717, 1.165) is 43.8 Å². The van der Waals surface area contributed by atoms with Gasteiger partial charge in [0.25, 0.3) is 8.32 Å². The lowest BCUT2D eigenvalue weighted by Crippen LogP contribution is -2.69. The Bertz CT molecular complexity index is 3070. The van der Waals surface area contributed by atoms with E-state index >= 15 is 0 Å². The SMILES string of the molecule is C=CCO[C@@H]1O[C@H](CO[Si](c2ccccc2)(c2ccccc2)C(C)(C)C)[C@H](OC(=O)c2ccc(-c3ccccc3)cc2)[C@H](OC(=O)c2ccc(-c3ccccc3)cc2)[C@H]1OC(=O)c1ccc(-c2ccccc2)cc1. The molecule has 0 aromatic heterocycles. The zero-order valence-electron chi connectivity index (χ0n) is 41.6. The highest BCUT2D eigenvalue weighted by atomic mass is 28.4. The molecule has 1 saturated heterocycles. The van der Waals surface area contributed by atoms with Crippen molar-refractivity contribution in [1.82, 2.24) is 0 Å². The molecule has 9 nitrogen and oxygen atoms in total. The molecule has 0 saturated carbocycles. The summed E-state index contributed by atoms with van der Waals surface area (Å²) >= 11 is 0. The van der Waals surface area contributed by atoms with Gasteiger partial charge in [0.2, 0.25) is 0 Å². The lowest BCUT2D eigenvalue weighted by atomic mass is 9.97. The predicted octanol–water partition coefficient (Wildman–Crippen LogP) is 12.2. The summed E-state index contributed by atoms with van der Waals surface area (Å²) < 4.78 is 40.2. The van der Waals surface area contributed by atoms with E-state index in [9.17, 15) is 14.4 Å². The number of carbonyl (C=O) groups excluding carboxylic acids is 3. The molecule has 0 amide bonds. The maximum atomic E-state index is 14.7. The van der Waals surface area contributed by atoms with Crippen LogP contribution in [0.15, 0.2) is 237 Å². The van der Waals surface area contributed by atoms with E-state index in [1.54, 1.807) is 42.5 Å². The van der Waals surface area contributed by atoms with Crippen LogP contribution in [0.3, 0.4) is 0 Å². The molecule has 8 aromatic carbocycles. The second-order valence-electron chi connectivity index (χ2n) is 19.1. The van der Waals surface area contributed by atoms with Crippen molar-refractivity contribution in [3.63, 3.8) is 0 Å². The average Bonchev–Trinajstić information content (AvgIpc) is 3.45. The first-order valence-corrected chi connectivity index (χ1v) is 26.7. The van der Waals surface area contributed by atoms with Crippen molar-refractivity contribution >= 4 is 36.6 Å². The van der Waals surface area contributed by atoms with Crippen LogP contribution in [0.25, 0.3) is 33.4 Å². The quantitative estimate of drug-likeness (QED) is 0.0381. The number of rotatable bonds is 17. The molecule has 1 aliphatic rings. The summed E-state index contributed by atoms with van der Waals surface area (Å²) in [6.45, 7) is 10.2. The maximum absolute atomic E-state index is 14.7. The molecule has 5 atom stereocenters. The van der Waals surface area contributed by atoms with E-state index in [-0.39, 0.29) is 29.9 Å². The zero-order valence-corrected chi connectivity index (χ0v) is 42.6. The lowest BCUT2D eigenvalue weighted by Gasteiger charge is -2.47. The topological polar surface area (TPSA) is 107 Å². The smallest absolute Gasteiger partial charge is 0.338 e. The standard InChI is InChI=1S/C64H58O9Si/c1-5-43-68-63-59(73-62(67)53-41-35-50(36-42-53)47-25-15-8-16-26-47)58(72-61(66)52-39-33-49(34-40-52)46-23-13-7-14-24-46)57(71-60(65)51-37-31-48(32-38-51)45-21-11-6-12-22-45)56(70-63)44-69-74(64(2,3)4,54-27-17-9-18-28-54)55-29-19-10-20-30-55/h5-42,56-59,63H,1,43-44H2,2-4H3/t56-,57+,58+,59-,63-/m1/s1. The van der Waals surface area contributed by atoms with Crippen LogP contribution in [0.1, 0.15) is 51.8 Å². The maximum Gasteiger partial charge on any atom is 0.338 e. The van der Waals surface area contributed by atoms with Gasteiger partial charge in [0.05, 0.1) is 29.9 Å². The summed E-state index contributed by atoms with van der Waals surface area (Å²) in [7, 11) is -3.28. The Morgan fingerprint density at radius 2 is 0.784 bits per heavy atom. The fourth-order valence-corrected chi connectivity index (χ4v) is 14.1. The van der Waals surface area contributed by atoms with Gasteiger partial charge in [-0.05, 0) is 85.2 Å². The fourth-order valence-electron chi connectivity index (χ4n) is 9.54. The predicted molar refractivity (Wildman–Crippen MR) is 292 cm³/mol. The Labute approximate surface area is 434 Å². The van der Waals surface area contributed by atoms with Crippen LogP contribution < -0.4 is 10.4 Å². The summed E-state index contributed by atoms with van der Waals surface area (Å²) in [5.41, 5.74) is 6.26. The third-order valence-corrected chi connectivity index (χ3v) is 18.3. The number of carbonyl (C=O) groups is 3. The first kappa shape index (κ1) is 50.9. The molecule has 0 N–H and O–H groups in total. The van der Waals surface area contributed by atoms with Crippen molar-refractivity contribution < 1.29 is 42.5 Å². The molecule has 372 valence electrons. The van der Waals surface area contributed by atoms with Crippen LogP contribution >= 0.6 is 0 Å². The van der Waals surface area contributed by atoms with Gasteiger partial charge in [0.1, 0.15) is 6.10 Å². The highest BCUT2D eigenvalue weighted by Gasteiger charge is 2.56. The molecule has 8 aromatic rings. The van der Waals surface area contributed by atoms with Gasteiger partial charge in [-0.1, -0.05) is 215 Å². The molecule has 0 aliphatic carbocycles. The normalized spacial score (nSPS) is 17.6. The summed E-state index contributed by atoms with van der Waals surface area (Å²) in [6.07, 6.45) is -5.40. The van der Waals surface area contributed by atoms with E-state index in [1.807, 2.05) is 164 Å². The number of ether oxygens (including phenoxy) is 5. The van der Waals surface area contributed by atoms with Gasteiger partial charge < -0.3 is 28.1 Å². The van der Waals surface area contributed by atoms with Gasteiger partial charge >= 0.3 is 17.9 Å². The van der Waals surface area contributed by atoms with Gasteiger partial charge in [-0.2, -0.15) is 0 Å². The van der Waals surface area contributed by atoms with Crippen LogP contribution in [-0.4, -0.2) is 70.1 Å². The van der Waals surface area contributed by atoms with Gasteiger partial charge in [-0.3, -0.25) is 0 Å². The zero-order chi connectivity index (χ0) is 51.5. The Balaban J connectivity index is 1.14. The highest BCUT2D eigenvalue weighted by molar-refractivity contribution is 6.99. The van der Waals surface area contributed by atoms with E-state index in [0.29, 0.717) is 0 Å². The molecular formula is C64H58O9Si. The largest absolute Gasteiger partial charge is 0.452 e. The molecule has 9 rings (SSSR count). The van der Waals surface area contributed by atoms with Gasteiger partial charge in [-0.15, -0.1) is 6.58 Å². The Morgan fingerprint density at radius 3 is 1.14 bits per heavy atom. The summed E-state index contributed by atoms with van der Waals surface area (Å²) in [5.74, 6) is -2.23. The van der Waals surface area contributed by atoms with Crippen LogP contribution in [0.2, 0.25) is 5.04 Å². The Kier molecular flexibility index (Phi) is 16.0. The first-order chi connectivity index (χ1) is 36.0. The Hall–Kier alpha value is -7.99. The molecule has 1 heterocycles. The number of hydrogen-bond acceptors (Lipinski definition) is 9. The Morgan fingerprint density at radius 1 is 0.459 bits per heavy atom. The minimum Gasteiger partial charge on any atom is -0.452 e. The first-order valence-electron chi connectivity index (χ1n) is 24.7. The van der Waals surface area contributed by atoms with Crippen LogP contribution in [0.5, 0.6) is 0 Å². The molecule has 74 heavy (non-hydrogen) atoms. The highest BCUT2D eigenvalue weighted by Crippen LogP contribution is 2.39. The molecular weight excluding hydrogens is 941 g/mol. The molecule has 1 fully saturated rings. The van der Waals surface area contributed by atoms with Crippen LogP contribution in [0, 0.1) is 0 Å².